The number of alkyl halides is 3. The van der Waals surface area contributed by atoms with Crippen molar-refractivity contribution in [2.75, 3.05) is 0 Å². The van der Waals surface area contributed by atoms with Crippen molar-refractivity contribution in [1.29, 1.82) is 0 Å². The van der Waals surface area contributed by atoms with Crippen molar-refractivity contribution in [2.24, 2.45) is 7.05 Å². The fourth-order valence-electron chi connectivity index (χ4n) is 2.60. The smallest absolute Gasteiger partial charge is 0.322 e. The maximum Gasteiger partial charge on any atom is 0.453 e. The Morgan fingerprint density at radius 2 is 1.81 bits per heavy atom. The second kappa shape index (κ2) is 6.38. The average Bonchev–Trinajstić information content (AvgIpc) is 3.20. The molecule has 3 aromatic heterocycles. The maximum atomic E-state index is 13.0. The molecule has 0 fully saturated rings. The number of imidazole rings is 1. The quantitative estimate of drug-likeness (QED) is 0.495. The Balaban J connectivity index is 1.76. The molecule has 0 N–H and O–H groups in total. The van der Waals surface area contributed by atoms with E-state index < -0.39 is 12.0 Å². The molecule has 4 rings (SSSR count). The first-order valence-electron chi connectivity index (χ1n) is 7.89. The molecule has 6 nitrogen and oxygen atoms in total. The van der Waals surface area contributed by atoms with E-state index in [0.717, 1.165) is 15.8 Å². The van der Waals surface area contributed by atoms with Crippen LogP contribution in [0.2, 0.25) is 0 Å². The van der Waals surface area contributed by atoms with Crippen LogP contribution >= 0.6 is 11.8 Å². The summed E-state index contributed by atoms with van der Waals surface area (Å²) in [5.41, 5.74) is 2.44. The molecule has 0 saturated carbocycles. The van der Waals surface area contributed by atoms with Crippen molar-refractivity contribution < 1.29 is 13.2 Å². The summed E-state index contributed by atoms with van der Waals surface area (Å²) in [7, 11) is 1.85. The van der Waals surface area contributed by atoms with E-state index in [0.29, 0.717) is 15.9 Å². The van der Waals surface area contributed by atoms with Crippen molar-refractivity contribution in [3.8, 4) is 11.3 Å². The van der Waals surface area contributed by atoms with Gasteiger partial charge in [0, 0.05) is 12.7 Å². The van der Waals surface area contributed by atoms with Crippen molar-refractivity contribution in [1.82, 2.24) is 29.1 Å². The van der Waals surface area contributed by atoms with E-state index in [1.165, 1.54) is 11.8 Å². The molecule has 10 heteroatoms. The molecular weight excluding hydrogens is 377 g/mol. The lowest BCUT2D eigenvalue weighted by Gasteiger charge is -2.07. The van der Waals surface area contributed by atoms with Crippen molar-refractivity contribution in [3.63, 3.8) is 0 Å². The lowest BCUT2D eigenvalue weighted by molar-refractivity contribution is -0.144. The highest BCUT2D eigenvalue weighted by atomic mass is 32.2. The van der Waals surface area contributed by atoms with E-state index in [4.69, 9.17) is 0 Å². The summed E-state index contributed by atoms with van der Waals surface area (Å²) < 4.78 is 41.8. The lowest BCUT2D eigenvalue weighted by atomic mass is 10.2. The topological polar surface area (TPSA) is 60.9 Å². The molecular formula is C17H13F3N6S. The third-order valence-electron chi connectivity index (χ3n) is 3.87. The summed E-state index contributed by atoms with van der Waals surface area (Å²) >= 11 is 1.20. The number of halogens is 3. The molecule has 138 valence electrons. The van der Waals surface area contributed by atoms with Crippen LogP contribution in [0.25, 0.3) is 17.0 Å². The van der Waals surface area contributed by atoms with Gasteiger partial charge in [0.2, 0.25) is 0 Å². The van der Waals surface area contributed by atoms with Gasteiger partial charge in [-0.3, -0.25) is 0 Å². The van der Waals surface area contributed by atoms with E-state index >= 15 is 0 Å². The maximum absolute atomic E-state index is 13.0. The van der Waals surface area contributed by atoms with Crippen LogP contribution in [-0.2, 0) is 13.2 Å². The van der Waals surface area contributed by atoms with Crippen LogP contribution in [0.4, 0.5) is 13.2 Å². The van der Waals surface area contributed by atoms with Gasteiger partial charge >= 0.3 is 6.18 Å². The first-order chi connectivity index (χ1) is 12.8. The summed E-state index contributed by atoms with van der Waals surface area (Å²) in [5.74, 6) is -1.31. The summed E-state index contributed by atoms with van der Waals surface area (Å²) in [6.07, 6.45) is -2.90. The molecule has 1 aromatic carbocycles. The number of hydrogen-bond acceptors (Lipinski definition) is 5. The number of aromatic nitrogens is 6. The van der Waals surface area contributed by atoms with Crippen LogP contribution in [-0.4, -0.2) is 29.1 Å². The van der Waals surface area contributed by atoms with Gasteiger partial charge in [0.05, 0.1) is 11.9 Å². The monoisotopic (exact) mass is 390 g/mol. The number of aryl methyl sites for hydroxylation is 1. The SMILES string of the molecule is Cc1cc(Sc2ncc(-c3ccccc3)n2C)n2nc(C(F)(F)F)nc2n1. The van der Waals surface area contributed by atoms with Gasteiger partial charge in [-0.1, -0.05) is 30.3 Å². The van der Waals surface area contributed by atoms with Crippen LogP contribution in [0.3, 0.4) is 0 Å². The Kier molecular flexibility index (Phi) is 4.14. The van der Waals surface area contributed by atoms with Gasteiger partial charge in [-0.05, 0) is 30.3 Å². The zero-order valence-corrected chi connectivity index (χ0v) is 15.1. The molecule has 0 atom stereocenters. The van der Waals surface area contributed by atoms with E-state index in [9.17, 15) is 13.2 Å². The van der Waals surface area contributed by atoms with Crippen LogP contribution < -0.4 is 0 Å². The minimum atomic E-state index is -4.63. The van der Waals surface area contributed by atoms with Crippen LogP contribution in [0.1, 0.15) is 11.5 Å². The number of nitrogens with zero attached hydrogens (tertiary/aromatic N) is 6. The highest BCUT2D eigenvalue weighted by Gasteiger charge is 2.37. The van der Waals surface area contributed by atoms with Crippen molar-refractivity contribution in [3.05, 3.63) is 54.1 Å². The second-order valence-corrected chi connectivity index (χ2v) is 6.82. The number of rotatable bonds is 3. The lowest BCUT2D eigenvalue weighted by Crippen LogP contribution is -2.08. The standard InChI is InChI=1S/C17H13F3N6S/c1-10-8-13(26-15(22-10)23-14(24-26)17(18,19)20)27-16-21-9-12(25(16)2)11-6-4-3-5-7-11/h3-9H,1-2H3. The summed E-state index contributed by atoms with van der Waals surface area (Å²) in [6.45, 7) is 1.69. The average molecular weight is 390 g/mol. The molecule has 27 heavy (non-hydrogen) atoms. The molecule has 0 spiro atoms. The van der Waals surface area contributed by atoms with E-state index in [1.54, 1.807) is 19.2 Å². The highest BCUT2D eigenvalue weighted by Crippen LogP contribution is 2.32. The molecule has 3 heterocycles. The van der Waals surface area contributed by atoms with Gasteiger partial charge in [-0.25, -0.2) is 9.97 Å². The predicted molar refractivity (Wildman–Crippen MR) is 93.3 cm³/mol. The van der Waals surface area contributed by atoms with Crippen LogP contribution in [0.15, 0.2) is 52.8 Å². The van der Waals surface area contributed by atoms with Crippen molar-refractivity contribution >= 4 is 17.5 Å². The third kappa shape index (κ3) is 3.27. The van der Waals surface area contributed by atoms with E-state index in [2.05, 4.69) is 20.1 Å². The number of hydrogen-bond donors (Lipinski definition) is 0. The van der Waals surface area contributed by atoms with Gasteiger partial charge in [0.25, 0.3) is 11.6 Å². The van der Waals surface area contributed by atoms with Gasteiger partial charge in [-0.2, -0.15) is 22.7 Å². The summed E-state index contributed by atoms with van der Waals surface area (Å²) in [6, 6.07) is 11.4. The molecule has 0 amide bonds. The Hall–Kier alpha value is -2.88. The second-order valence-electron chi connectivity index (χ2n) is 5.83. The van der Waals surface area contributed by atoms with Gasteiger partial charge in [-0.15, -0.1) is 5.10 Å². The minimum Gasteiger partial charge on any atom is -0.322 e. The molecule has 0 aliphatic carbocycles. The molecule has 0 radical (unpaired) electrons. The summed E-state index contributed by atoms with van der Waals surface area (Å²) in [4.78, 5) is 11.9. The largest absolute Gasteiger partial charge is 0.453 e. The fraction of sp³-hybridized carbons (Fsp3) is 0.176. The van der Waals surface area contributed by atoms with E-state index in [-0.39, 0.29) is 5.78 Å². The van der Waals surface area contributed by atoms with Crippen LogP contribution in [0, 0.1) is 6.92 Å². The number of fused-ring (bicyclic) bond motifs is 1. The molecule has 0 unspecified atom stereocenters. The Morgan fingerprint density at radius 3 is 2.52 bits per heavy atom. The van der Waals surface area contributed by atoms with Gasteiger partial charge < -0.3 is 4.57 Å². The molecule has 0 saturated heterocycles. The molecule has 0 bridgehead atoms. The fourth-order valence-corrected chi connectivity index (χ4v) is 3.57. The van der Waals surface area contributed by atoms with Gasteiger partial charge in [0.15, 0.2) is 5.16 Å². The minimum absolute atomic E-state index is 0.0951. The Bertz CT molecular complexity index is 1120. The highest BCUT2D eigenvalue weighted by molar-refractivity contribution is 7.99. The first kappa shape index (κ1) is 17.5. The number of benzene rings is 1. The zero-order valence-electron chi connectivity index (χ0n) is 14.3. The predicted octanol–water partition coefficient (Wildman–Crippen LogP) is 4.00. The third-order valence-corrected chi connectivity index (χ3v) is 4.93. The normalized spacial score (nSPS) is 12.0. The Morgan fingerprint density at radius 1 is 1.07 bits per heavy atom. The molecule has 0 aliphatic heterocycles. The molecule has 4 aromatic rings. The zero-order chi connectivity index (χ0) is 19.2. The summed E-state index contributed by atoms with van der Waals surface area (Å²) in [5, 5.41) is 4.64. The Labute approximate surface area is 156 Å². The first-order valence-corrected chi connectivity index (χ1v) is 8.71. The molecule has 0 aliphatic rings. The van der Waals surface area contributed by atoms with Gasteiger partial charge in [0.1, 0.15) is 5.03 Å². The van der Waals surface area contributed by atoms with Crippen LogP contribution in [0.5, 0.6) is 0 Å². The van der Waals surface area contributed by atoms with E-state index in [1.807, 2.05) is 41.9 Å². The van der Waals surface area contributed by atoms with Crippen molar-refractivity contribution in [2.45, 2.75) is 23.3 Å².